The van der Waals surface area contributed by atoms with E-state index in [0.717, 1.165) is 64.0 Å². The average molecular weight is 551 g/mol. The second-order valence-corrected chi connectivity index (χ2v) is 11.6. The van der Waals surface area contributed by atoms with E-state index in [-0.39, 0.29) is 5.41 Å². The number of rotatable bonds is 6. The summed E-state index contributed by atoms with van der Waals surface area (Å²) in [6.45, 7) is 9.34. The van der Waals surface area contributed by atoms with Crippen LogP contribution in [0.25, 0.3) is 11.1 Å². The molecule has 4 aromatic rings. The first kappa shape index (κ1) is 27.0. The summed E-state index contributed by atoms with van der Waals surface area (Å²) in [5.74, 6) is 3.61. The monoisotopic (exact) mass is 550 g/mol. The first-order valence-electron chi connectivity index (χ1n) is 14.1. The fourth-order valence-electron chi connectivity index (χ4n) is 5.82. The topological polar surface area (TPSA) is 43.4 Å². The molecule has 2 heterocycles. The van der Waals surface area contributed by atoms with Crippen LogP contribution in [0.15, 0.2) is 72.8 Å². The van der Waals surface area contributed by atoms with Gasteiger partial charge in [-0.25, -0.2) is 0 Å². The van der Waals surface area contributed by atoms with Crippen LogP contribution >= 0.6 is 0 Å². The van der Waals surface area contributed by atoms with Gasteiger partial charge in [0.25, 0.3) is 0 Å². The van der Waals surface area contributed by atoms with E-state index in [1.165, 1.54) is 16.7 Å². The molecule has 0 spiro atoms. The number of ether oxygens (including phenoxy) is 4. The number of anilines is 1. The van der Waals surface area contributed by atoms with Crippen molar-refractivity contribution in [2.75, 3.05) is 39.6 Å². The molecule has 0 saturated carbocycles. The van der Waals surface area contributed by atoms with Gasteiger partial charge < -0.3 is 23.8 Å². The van der Waals surface area contributed by atoms with Gasteiger partial charge >= 0.3 is 0 Å². The van der Waals surface area contributed by atoms with Gasteiger partial charge in [0.15, 0.2) is 6.73 Å². The Bertz CT molecular complexity index is 1600. The molecule has 6 rings (SSSR count). The quantitative estimate of drug-likeness (QED) is 0.254. The molecule has 212 valence electrons. The summed E-state index contributed by atoms with van der Waals surface area (Å²) in [6.07, 6.45) is 0. The van der Waals surface area contributed by atoms with Crippen LogP contribution in [0.4, 0.5) is 5.69 Å². The summed E-state index contributed by atoms with van der Waals surface area (Å²) < 4.78 is 23.5. The van der Waals surface area contributed by atoms with Crippen LogP contribution in [0.2, 0.25) is 0 Å². The molecule has 6 heteroatoms. The number of methoxy groups -OCH3 is 2. The molecular formula is C35H38N2O4. The van der Waals surface area contributed by atoms with Gasteiger partial charge in [0, 0.05) is 29.6 Å². The third kappa shape index (κ3) is 5.08. The highest BCUT2D eigenvalue weighted by molar-refractivity contribution is 5.73. The molecule has 0 unspecified atom stereocenters. The zero-order valence-electron chi connectivity index (χ0n) is 24.8. The van der Waals surface area contributed by atoms with Gasteiger partial charge in [-0.3, -0.25) is 4.90 Å². The molecule has 0 amide bonds. The zero-order chi connectivity index (χ0) is 28.7. The molecule has 0 saturated heterocycles. The van der Waals surface area contributed by atoms with Crippen LogP contribution in [-0.2, 0) is 18.5 Å². The first-order valence-corrected chi connectivity index (χ1v) is 14.1. The minimum atomic E-state index is -0.184. The lowest BCUT2D eigenvalue weighted by Crippen LogP contribution is -2.32. The molecule has 41 heavy (non-hydrogen) atoms. The molecule has 0 atom stereocenters. The SMILES string of the molecule is COc1cc(-c2ccc(N3COc4ccc(C(C)(C)c5ccc6c(c5)CN(C)CO6)cc4C3)c(OC)c2)ccc1C. The lowest BCUT2D eigenvalue weighted by molar-refractivity contribution is 0.121. The van der Waals surface area contributed by atoms with Crippen molar-refractivity contribution in [2.45, 2.75) is 39.3 Å². The number of benzene rings is 4. The maximum atomic E-state index is 6.24. The van der Waals surface area contributed by atoms with Crippen LogP contribution < -0.4 is 23.8 Å². The molecule has 2 aliphatic rings. The molecule has 0 bridgehead atoms. The van der Waals surface area contributed by atoms with Crippen molar-refractivity contribution in [1.29, 1.82) is 0 Å². The second-order valence-electron chi connectivity index (χ2n) is 11.6. The van der Waals surface area contributed by atoms with Gasteiger partial charge in [-0.1, -0.05) is 44.2 Å². The number of nitrogens with zero attached hydrogens (tertiary/aromatic N) is 2. The Morgan fingerprint density at radius 1 is 0.683 bits per heavy atom. The number of hydrogen-bond acceptors (Lipinski definition) is 6. The van der Waals surface area contributed by atoms with E-state index in [9.17, 15) is 0 Å². The van der Waals surface area contributed by atoms with Gasteiger partial charge in [0.05, 0.1) is 19.9 Å². The van der Waals surface area contributed by atoms with E-state index < -0.39 is 0 Å². The molecule has 6 nitrogen and oxygen atoms in total. The van der Waals surface area contributed by atoms with E-state index in [1.54, 1.807) is 14.2 Å². The summed E-state index contributed by atoms with van der Waals surface area (Å²) in [5.41, 5.74) is 9.02. The highest BCUT2D eigenvalue weighted by Gasteiger charge is 2.28. The summed E-state index contributed by atoms with van der Waals surface area (Å²) in [5, 5.41) is 0. The van der Waals surface area contributed by atoms with E-state index in [2.05, 4.69) is 103 Å². The van der Waals surface area contributed by atoms with Gasteiger partial charge in [0.1, 0.15) is 29.7 Å². The Hall–Kier alpha value is -4.16. The Labute approximate surface area is 243 Å². The van der Waals surface area contributed by atoms with Crippen LogP contribution in [0.1, 0.15) is 41.7 Å². The third-order valence-corrected chi connectivity index (χ3v) is 8.44. The molecule has 0 fully saturated rings. The molecule has 0 N–H and O–H groups in total. The van der Waals surface area contributed by atoms with E-state index in [4.69, 9.17) is 18.9 Å². The molecule has 0 radical (unpaired) electrons. The maximum absolute atomic E-state index is 6.24. The van der Waals surface area contributed by atoms with Crippen molar-refractivity contribution >= 4 is 5.69 Å². The lowest BCUT2D eigenvalue weighted by Gasteiger charge is -2.34. The highest BCUT2D eigenvalue weighted by Crippen LogP contribution is 2.41. The summed E-state index contributed by atoms with van der Waals surface area (Å²) in [7, 11) is 5.51. The van der Waals surface area contributed by atoms with Crippen molar-refractivity contribution in [2.24, 2.45) is 0 Å². The van der Waals surface area contributed by atoms with Gasteiger partial charge in [-0.05, 0) is 84.3 Å². The summed E-state index contributed by atoms with van der Waals surface area (Å²) in [4.78, 5) is 4.41. The van der Waals surface area contributed by atoms with Crippen molar-refractivity contribution < 1.29 is 18.9 Å². The van der Waals surface area contributed by atoms with Crippen LogP contribution in [0.5, 0.6) is 23.0 Å². The number of fused-ring (bicyclic) bond motifs is 2. The zero-order valence-corrected chi connectivity index (χ0v) is 24.8. The Morgan fingerprint density at radius 2 is 1.27 bits per heavy atom. The first-order chi connectivity index (χ1) is 19.8. The Kier molecular flexibility index (Phi) is 7.04. The van der Waals surface area contributed by atoms with E-state index >= 15 is 0 Å². The molecule has 0 aromatic heterocycles. The standard InChI is InChI=1S/C35H38N2O4/c1-23-7-8-24(17-33(23)38-5)25-9-12-30(34(18-25)39-6)37-20-27-16-29(11-14-32(27)41-22-37)35(2,3)28-10-13-31-26(15-28)19-36(4)21-40-31/h7-18H,19-22H2,1-6H3. The van der Waals surface area contributed by atoms with Crippen LogP contribution in [-0.4, -0.2) is 39.6 Å². The molecule has 4 aromatic carbocycles. The Balaban J connectivity index is 1.27. The van der Waals surface area contributed by atoms with Gasteiger partial charge in [0.2, 0.25) is 0 Å². The molecule has 2 aliphatic heterocycles. The minimum Gasteiger partial charge on any atom is -0.496 e. The smallest absolute Gasteiger partial charge is 0.161 e. The fraction of sp³-hybridized carbons (Fsp3) is 0.314. The predicted molar refractivity (Wildman–Crippen MR) is 163 cm³/mol. The average Bonchev–Trinajstić information content (AvgIpc) is 3.00. The second kappa shape index (κ2) is 10.7. The fourth-order valence-corrected chi connectivity index (χ4v) is 5.82. The third-order valence-electron chi connectivity index (χ3n) is 8.44. The highest BCUT2D eigenvalue weighted by atomic mass is 16.5. The Morgan fingerprint density at radius 3 is 1.93 bits per heavy atom. The van der Waals surface area contributed by atoms with Crippen molar-refractivity contribution in [1.82, 2.24) is 4.90 Å². The van der Waals surface area contributed by atoms with E-state index in [0.29, 0.717) is 13.5 Å². The van der Waals surface area contributed by atoms with Crippen molar-refractivity contribution in [3.05, 3.63) is 101 Å². The summed E-state index contributed by atoms with van der Waals surface area (Å²) >= 11 is 0. The maximum Gasteiger partial charge on any atom is 0.161 e. The summed E-state index contributed by atoms with van der Waals surface area (Å²) in [6, 6.07) is 25.8. The van der Waals surface area contributed by atoms with Crippen molar-refractivity contribution in [3.8, 4) is 34.1 Å². The van der Waals surface area contributed by atoms with Gasteiger partial charge in [-0.15, -0.1) is 0 Å². The van der Waals surface area contributed by atoms with Crippen molar-refractivity contribution in [3.63, 3.8) is 0 Å². The van der Waals surface area contributed by atoms with Crippen LogP contribution in [0, 0.1) is 6.92 Å². The predicted octanol–water partition coefficient (Wildman–Crippen LogP) is 7.14. The number of aryl methyl sites for hydroxylation is 1. The normalized spacial score (nSPS) is 14.9. The van der Waals surface area contributed by atoms with Gasteiger partial charge in [-0.2, -0.15) is 0 Å². The van der Waals surface area contributed by atoms with E-state index in [1.807, 2.05) is 6.92 Å². The lowest BCUT2D eigenvalue weighted by atomic mass is 9.77. The minimum absolute atomic E-state index is 0.184. The molecular weight excluding hydrogens is 512 g/mol. The largest absolute Gasteiger partial charge is 0.496 e. The molecule has 0 aliphatic carbocycles. The van der Waals surface area contributed by atoms with Crippen LogP contribution in [0.3, 0.4) is 0 Å². The number of hydrogen-bond donors (Lipinski definition) is 0.